The second kappa shape index (κ2) is 9.08. The van der Waals surface area contributed by atoms with Crippen LogP contribution in [0.3, 0.4) is 0 Å². The zero-order valence-corrected chi connectivity index (χ0v) is 14.9. The van der Waals surface area contributed by atoms with Gasteiger partial charge in [0, 0.05) is 10.2 Å². The predicted octanol–water partition coefficient (Wildman–Crippen LogP) is 3.28. The maximum atomic E-state index is 11.8. The number of benzene rings is 2. The molecule has 0 aliphatic heterocycles. The summed E-state index contributed by atoms with van der Waals surface area (Å²) in [5, 5.41) is 5.32. The number of ether oxygens (including phenoxy) is 1. The van der Waals surface area contributed by atoms with Crippen molar-refractivity contribution < 1.29 is 14.3 Å². The summed E-state index contributed by atoms with van der Waals surface area (Å²) < 4.78 is 6.42. The molecule has 0 radical (unpaired) electrons. The standard InChI is InChI=1S/C18H19BrN2O3/c1-13-11-14(7-8-16(13)19)21-18(23)12-20-17(22)9-10-24-15-5-3-2-4-6-15/h2-8,11H,9-10,12H2,1H3,(H,20,22)(H,21,23). The van der Waals surface area contributed by atoms with E-state index in [1.165, 1.54) is 0 Å². The van der Waals surface area contributed by atoms with Gasteiger partial charge in [-0.05, 0) is 42.8 Å². The van der Waals surface area contributed by atoms with Gasteiger partial charge >= 0.3 is 0 Å². The van der Waals surface area contributed by atoms with Crippen LogP contribution in [0.4, 0.5) is 5.69 Å². The molecule has 0 bridgehead atoms. The van der Waals surface area contributed by atoms with Crippen LogP contribution in [0, 0.1) is 6.92 Å². The van der Waals surface area contributed by atoms with Gasteiger partial charge in [-0.15, -0.1) is 0 Å². The molecular formula is C18H19BrN2O3. The van der Waals surface area contributed by atoms with Crippen LogP contribution >= 0.6 is 15.9 Å². The molecule has 0 unspecified atom stereocenters. The van der Waals surface area contributed by atoms with Crippen LogP contribution in [0.1, 0.15) is 12.0 Å². The van der Waals surface area contributed by atoms with E-state index in [4.69, 9.17) is 4.74 Å². The molecule has 0 aromatic heterocycles. The molecule has 0 atom stereocenters. The molecule has 2 amide bonds. The van der Waals surface area contributed by atoms with E-state index >= 15 is 0 Å². The SMILES string of the molecule is Cc1cc(NC(=O)CNC(=O)CCOc2ccccc2)ccc1Br. The summed E-state index contributed by atoms with van der Waals surface area (Å²) in [5.41, 5.74) is 1.72. The second-order valence-corrected chi connectivity index (χ2v) is 6.05. The Bertz CT molecular complexity index is 705. The van der Waals surface area contributed by atoms with Gasteiger partial charge in [-0.1, -0.05) is 34.1 Å². The van der Waals surface area contributed by atoms with Crippen molar-refractivity contribution >= 4 is 33.4 Å². The first-order valence-corrected chi connectivity index (χ1v) is 8.34. The lowest BCUT2D eigenvalue weighted by Gasteiger charge is -2.09. The van der Waals surface area contributed by atoms with Crippen molar-refractivity contribution in [3.8, 4) is 5.75 Å². The van der Waals surface area contributed by atoms with Crippen molar-refractivity contribution in [3.05, 3.63) is 58.6 Å². The van der Waals surface area contributed by atoms with Crippen LogP contribution in [0.5, 0.6) is 5.75 Å². The molecule has 24 heavy (non-hydrogen) atoms. The Morgan fingerprint density at radius 1 is 1.08 bits per heavy atom. The number of aryl methyl sites for hydroxylation is 1. The van der Waals surface area contributed by atoms with Crippen LogP contribution in [0.15, 0.2) is 53.0 Å². The van der Waals surface area contributed by atoms with Crippen LogP contribution in [0.25, 0.3) is 0 Å². The summed E-state index contributed by atoms with van der Waals surface area (Å²) >= 11 is 3.40. The molecule has 0 aliphatic rings. The lowest BCUT2D eigenvalue weighted by molar-refractivity contribution is -0.124. The number of hydrogen-bond donors (Lipinski definition) is 2. The van der Waals surface area contributed by atoms with E-state index in [2.05, 4.69) is 26.6 Å². The topological polar surface area (TPSA) is 67.4 Å². The molecule has 0 aliphatic carbocycles. The van der Waals surface area contributed by atoms with E-state index in [-0.39, 0.29) is 31.4 Å². The lowest BCUT2D eigenvalue weighted by atomic mass is 10.2. The first-order chi connectivity index (χ1) is 11.5. The van der Waals surface area contributed by atoms with Crippen molar-refractivity contribution in [2.45, 2.75) is 13.3 Å². The Labute approximate surface area is 149 Å². The number of halogens is 1. The third-order valence-corrected chi connectivity index (χ3v) is 4.12. The summed E-state index contributed by atoms with van der Waals surface area (Å²) in [6, 6.07) is 14.8. The highest BCUT2D eigenvalue weighted by Crippen LogP contribution is 2.19. The summed E-state index contributed by atoms with van der Waals surface area (Å²) in [6.07, 6.45) is 0.194. The van der Waals surface area contributed by atoms with Gasteiger partial charge in [-0.2, -0.15) is 0 Å². The van der Waals surface area contributed by atoms with E-state index in [9.17, 15) is 9.59 Å². The fourth-order valence-corrected chi connectivity index (χ4v) is 2.22. The van der Waals surface area contributed by atoms with Gasteiger partial charge in [0.1, 0.15) is 5.75 Å². The molecule has 0 spiro atoms. The van der Waals surface area contributed by atoms with E-state index < -0.39 is 0 Å². The van der Waals surface area contributed by atoms with E-state index in [1.54, 1.807) is 6.07 Å². The average molecular weight is 391 g/mol. The van der Waals surface area contributed by atoms with Gasteiger partial charge in [-0.3, -0.25) is 9.59 Å². The number of carbonyl (C=O) groups is 2. The Hall–Kier alpha value is -2.34. The summed E-state index contributed by atoms with van der Waals surface area (Å²) in [6.45, 7) is 2.14. The Morgan fingerprint density at radius 3 is 2.54 bits per heavy atom. The minimum absolute atomic E-state index is 0.0702. The molecule has 0 heterocycles. The normalized spacial score (nSPS) is 10.1. The van der Waals surface area contributed by atoms with Crippen LogP contribution in [-0.4, -0.2) is 25.0 Å². The van der Waals surface area contributed by atoms with E-state index in [0.29, 0.717) is 11.4 Å². The van der Waals surface area contributed by atoms with Gasteiger partial charge in [0.25, 0.3) is 0 Å². The minimum Gasteiger partial charge on any atom is -0.493 e. The van der Waals surface area contributed by atoms with Gasteiger partial charge < -0.3 is 15.4 Å². The van der Waals surface area contributed by atoms with Gasteiger partial charge in [0.15, 0.2) is 0 Å². The molecule has 2 aromatic carbocycles. The molecule has 6 heteroatoms. The van der Waals surface area contributed by atoms with Crippen molar-refractivity contribution in [1.82, 2.24) is 5.32 Å². The number of carbonyl (C=O) groups excluding carboxylic acids is 2. The minimum atomic E-state index is -0.269. The highest BCUT2D eigenvalue weighted by atomic mass is 79.9. The first-order valence-electron chi connectivity index (χ1n) is 7.55. The number of amides is 2. The fraction of sp³-hybridized carbons (Fsp3) is 0.222. The van der Waals surface area contributed by atoms with Crippen molar-refractivity contribution in [2.75, 3.05) is 18.5 Å². The van der Waals surface area contributed by atoms with Crippen molar-refractivity contribution in [2.24, 2.45) is 0 Å². The smallest absolute Gasteiger partial charge is 0.243 e. The largest absolute Gasteiger partial charge is 0.493 e. The average Bonchev–Trinajstić information content (AvgIpc) is 2.57. The van der Waals surface area contributed by atoms with Crippen molar-refractivity contribution in [3.63, 3.8) is 0 Å². The highest BCUT2D eigenvalue weighted by Gasteiger charge is 2.07. The first kappa shape index (κ1) is 18.0. The molecule has 5 nitrogen and oxygen atoms in total. The van der Waals surface area contributed by atoms with Gasteiger partial charge in [-0.25, -0.2) is 0 Å². The maximum absolute atomic E-state index is 11.8. The lowest BCUT2D eigenvalue weighted by Crippen LogP contribution is -2.33. The van der Waals surface area contributed by atoms with Gasteiger partial charge in [0.2, 0.25) is 11.8 Å². The number of anilines is 1. The number of hydrogen-bond acceptors (Lipinski definition) is 3. The fourth-order valence-electron chi connectivity index (χ4n) is 1.97. The summed E-state index contributed by atoms with van der Waals surface area (Å²) in [7, 11) is 0. The van der Waals surface area contributed by atoms with Crippen LogP contribution in [-0.2, 0) is 9.59 Å². The van der Waals surface area contributed by atoms with Gasteiger partial charge in [0.05, 0.1) is 19.6 Å². The Morgan fingerprint density at radius 2 is 1.83 bits per heavy atom. The molecule has 2 rings (SSSR count). The third kappa shape index (κ3) is 6.04. The van der Waals surface area contributed by atoms with Crippen LogP contribution < -0.4 is 15.4 Å². The zero-order valence-electron chi connectivity index (χ0n) is 13.3. The molecule has 2 aromatic rings. The molecular weight excluding hydrogens is 372 g/mol. The highest BCUT2D eigenvalue weighted by molar-refractivity contribution is 9.10. The monoisotopic (exact) mass is 390 g/mol. The van der Waals surface area contributed by atoms with E-state index in [0.717, 1.165) is 10.0 Å². The second-order valence-electron chi connectivity index (χ2n) is 5.20. The molecule has 0 saturated carbocycles. The summed E-state index contributed by atoms with van der Waals surface area (Å²) in [4.78, 5) is 23.6. The number of nitrogens with one attached hydrogen (secondary N) is 2. The quantitative estimate of drug-likeness (QED) is 0.761. The molecule has 126 valence electrons. The van der Waals surface area contributed by atoms with Crippen LogP contribution in [0.2, 0.25) is 0 Å². The predicted molar refractivity (Wildman–Crippen MR) is 97.1 cm³/mol. The number of rotatable bonds is 7. The molecule has 0 fully saturated rings. The summed E-state index contributed by atoms with van der Waals surface area (Å²) in [5.74, 6) is 0.218. The third-order valence-electron chi connectivity index (χ3n) is 3.23. The number of para-hydroxylation sites is 1. The zero-order chi connectivity index (χ0) is 17.4. The molecule has 2 N–H and O–H groups in total. The van der Waals surface area contributed by atoms with Crippen molar-refractivity contribution in [1.29, 1.82) is 0 Å². The molecule has 0 saturated heterocycles. The van der Waals surface area contributed by atoms with E-state index in [1.807, 2.05) is 49.4 Å². The maximum Gasteiger partial charge on any atom is 0.243 e. The Balaban J connectivity index is 1.67. The Kier molecular flexibility index (Phi) is 6.81.